The smallest absolute Gasteiger partial charge is 0.234 e. The maximum atomic E-state index is 12.5. The number of benzene rings is 2. The molecule has 0 aliphatic heterocycles. The molecule has 2 aromatic carbocycles. The third-order valence-electron chi connectivity index (χ3n) is 5.08. The van der Waals surface area contributed by atoms with Crippen LogP contribution in [0.4, 0.5) is 11.4 Å². The fraction of sp³-hybridized carbons (Fsp3) is 0.333. The van der Waals surface area contributed by atoms with E-state index in [0.717, 1.165) is 11.3 Å². The second-order valence-electron chi connectivity index (χ2n) is 7.95. The molecule has 0 saturated carbocycles. The van der Waals surface area contributed by atoms with Crippen molar-refractivity contribution in [3.05, 3.63) is 64.4 Å². The van der Waals surface area contributed by atoms with Gasteiger partial charge in [0.15, 0.2) is 5.16 Å². The minimum absolute atomic E-state index is 0.0707. The molecule has 0 bridgehead atoms. The third-order valence-corrected chi connectivity index (χ3v) is 6.45. The molecule has 0 radical (unpaired) electrons. The fourth-order valence-corrected chi connectivity index (χ4v) is 4.17. The number of amides is 2. The van der Waals surface area contributed by atoms with E-state index in [-0.39, 0.29) is 24.0 Å². The Morgan fingerprint density at radius 3 is 2.33 bits per heavy atom. The molecular weight excluding hydrogens is 458 g/mol. The maximum absolute atomic E-state index is 12.5. The summed E-state index contributed by atoms with van der Waals surface area (Å²) in [6, 6.07) is 13.2. The molecule has 1 heterocycles. The molecule has 7 nitrogen and oxygen atoms in total. The molecule has 2 N–H and O–H groups in total. The maximum Gasteiger partial charge on any atom is 0.234 e. The van der Waals surface area contributed by atoms with E-state index in [1.165, 1.54) is 17.3 Å². The van der Waals surface area contributed by atoms with Gasteiger partial charge in [0.05, 0.1) is 12.2 Å². The first-order valence-electron chi connectivity index (χ1n) is 10.8. The summed E-state index contributed by atoms with van der Waals surface area (Å²) in [6.07, 6.45) is 0.0707. The van der Waals surface area contributed by atoms with Gasteiger partial charge in [-0.15, -0.1) is 10.2 Å². The van der Waals surface area contributed by atoms with Crippen molar-refractivity contribution in [2.24, 2.45) is 0 Å². The summed E-state index contributed by atoms with van der Waals surface area (Å²) in [6.45, 7) is 8.70. The predicted octanol–water partition coefficient (Wildman–Crippen LogP) is 5.30. The van der Waals surface area contributed by atoms with Crippen LogP contribution in [0.25, 0.3) is 0 Å². The number of carbonyl (C=O) groups is 2. The first-order chi connectivity index (χ1) is 15.8. The number of rotatable bonds is 9. The number of nitrogens with one attached hydrogen (secondary N) is 2. The van der Waals surface area contributed by atoms with E-state index in [2.05, 4.69) is 34.7 Å². The van der Waals surface area contributed by atoms with E-state index in [1.54, 1.807) is 12.1 Å². The SMILES string of the molecule is CCn1c(CC(=O)Nc2ccc(C)c(Cl)c2)nnc1SCC(=O)Nc1ccc(C(C)C)cc1. The third kappa shape index (κ3) is 6.82. The van der Waals surface area contributed by atoms with E-state index in [4.69, 9.17) is 11.6 Å². The second-order valence-corrected chi connectivity index (χ2v) is 9.30. The van der Waals surface area contributed by atoms with Gasteiger partial charge in [-0.3, -0.25) is 9.59 Å². The zero-order valence-corrected chi connectivity index (χ0v) is 20.8. The zero-order valence-electron chi connectivity index (χ0n) is 19.2. The highest BCUT2D eigenvalue weighted by atomic mass is 35.5. The highest BCUT2D eigenvalue weighted by molar-refractivity contribution is 7.99. The number of aryl methyl sites for hydroxylation is 1. The van der Waals surface area contributed by atoms with Gasteiger partial charge in [-0.2, -0.15) is 0 Å². The van der Waals surface area contributed by atoms with Crippen LogP contribution in [0.3, 0.4) is 0 Å². The number of carbonyl (C=O) groups excluding carboxylic acids is 2. The Balaban J connectivity index is 1.56. The predicted molar refractivity (Wildman–Crippen MR) is 134 cm³/mol. The first-order valence-corrected chi connectivity index (χ1v) is 12.1. The van der Waals surface area contributed by atoms with Crippen LogP contribution in [0.1, 0.15) is 43.6 Å². The largest absolute Gasteiger partial charge is 0.326 e. The van der Waals surface area contributed by atoms with Crippen LogP contribution in [-0.4, -0.2) is 32.3 Å². The Labute approximate surface area is 203 Å². The van der Waals surface area contributed by atoms with Gasteiger partial charge >= 0.3 is 0 Å². The van der Waals surface area contributed by atoms with Crippen molar-refractivity contribution in [1.29, 1.82) is 0 Å². The minimum atomic E-state index is -0.212. The van der Waals surface area contributed by atoms with E-state index < -0.39 is 0 Å². The van der Waals surface area contributed by atoms with Gasteiger partial charge in [-0.1, -0.05) is 55.4 Å². The lowest BCUT2D eigenvalue weighted by Gasteiger charge is -2.10. The molecule has 174 valence electrons. The molecule has 0 saturated heterocycles. The summed E-state index contributed by atoms with van der Waals surface area (Å²) in [5.74, 6) is 0.838. The summed E-state index contributed by atoms with van der Waals surface area (Å²) in [5.41, 5.74) is 3.56. The van der Waals surface area contributed by atoms with Crippen molar-refractivity contribution in [1.82, 2.24) is 14.8 Å². The van der Waals surface area contributed by atoms with Crippen LogP contribution in [-0.2, 0) is 22.6 Å². The molecule has 2 amide bonds. The van der Waals surface area contributed by atoms with Crippen LogP contribution in [0.2, 0.25) is 5.02 Å². The monoisotopic (exact) mass is 485 g/mol. The molecule has 0 fully saturated rings. The quantitative estimate of drug-likeness (QED) is 0.402. The topological polar surface area (TPSA) is 88.9 Å². The van der Waals surface area contributed by atoms with Crippen LogP contribution in [0.15, 0.2) is 47.6 Å². The van der Waals surface area contributed by atoms with Crippen molar-refractivity contribution in [3.63, 3.8) is 0 Å². The Morgan fingerprint density at radius 2 is 1.70 bits per heavy atom. The lowest BCUT2D eigenvalue weighted by molar-refractivity contribution is -0.116. The summed E-state index contributed by atoms with van der Waals surface area (Å²) in [4.78, 5) is 24.9. The Bertz CT molecular complexity index is 1130. The minimum Gasteiger partial charge on any atom is -0.326 e. The van der Waals surface area contributed by atoms with E-state index in [0.29, 0.717) is 34.2 Å². The van der Waals surface area contributed by atoms with Crippen molar-refractivity contribution in [3.8, 4) is 0 Å². The molecule has 0 atom stereocenters. The van der Waals surface area contributed by atoms with Crippen molar-refractivity contribution >= 4 is 46.6 Å². The van der Waals surface area contributed by atoms with Gasteiger partial charge < -0.3 is 15.2 Å². The van der Waals surface area contributed by atoms with Crippen molar-refractivity contribution in [2.75, 3.05) is 16.4 Å². The molecule has 9 heteroatoms. The number of aromatic nitrogens is 3. The first kappa shape index (κ1) is 24.8. The number of halogens is 1. The van der Waals surface area contributed by atoms with Gasteiger partial charge in [0, 0.05) is 22.9 Å². The van der Waals surface area contributed by atoms with Gasteiger partial charge in [0.2, 0.25) is 11.8 Å². The second kappa shape index (κ2) is 11.3. The van der Waals surface area contributed by atoms with E-state index >= 15 is 0 Å². The number of hydrogen-bond donors (Lipinski definition) is 2. The van der Waals surface area contributed by atoms with Gasteiger partial charge in [0.25, 0.3) is 0 Å². The molecule has 0 aliphatic carbocycles. The van der Waals surface area contributed by atoms with Gasteiger partial charge in [-0.25, -0.2) is 0 Å². The van der Waals surface area contributed by atoms with E-state index in [1.807, 2.05) is 48.7 Å². The Kier molecular flexibility index (Phi) is 8.52. The molecule has 0 spiro atoms. The number of nitrogens with zero attached hydrogens (tertiary/aromatic N) is 3. The number of hydrogen-bond acceptors (Lipinski definition) is 5. The highest BCUT2D eigenvalue weighted by Crippen LogP contribution is 2.22. The van der Waals surface area contributed by atoms with Crippen LogP contribution >= 0.6 is 23.4 Å². The molecular formula is C24H28ClN5O2S. The Morgan fingerprint density at radius 1 is 1.03 bits per heavy atom. The average Bonchev–Trinajstić information content (AvgIpc) is 3.16. The standard InChI is InChI=1S/C24H28ClN5O2S/c1-5-30-21(13-22(31)27-19-9-6-16(4)20(25)12-19)28-29-24(30)33-14-23(32)26-18-10-7-17(8-11-18)15(2)3/h6-12,15H,5,13-14H2,1-4H3,(H,26,32)(H,27,31). The van der Waals surface area contributed by atoms with Crippen LogP contribution in [0.5, 0.6) is 0 Å². The van der Waals surface area contributed by atoms with Crippen molar-refractivity contribution < 1.29 is 9.59 Å². The summed E-state index contributed by atoms with van der Waals surface area (Å²) in [7, 11) is 0. The number of thioether (sulfide) groups is 1. The highest BCUT2D eigenvalue weighted by Gasteiger charge is 2.16. The number of anilines is 2. The molecule has 3 rings (SSSR count). The molecule has 0 aliphatic rings. The van der Waals surface area contributed by atoms with Crippen molar-refractivity contribution in [2.45, 2.75) is 51.7 Å². The van der Waals surface area contributed by atoms with Gasteiger partial charge in [-0.05, 0) is 55.2 Å². The molecule has 1 aromatic heterocycles. The summed E-state index contributed by atoms with van der Waals surface area (Å²) < 4.78 is 1.84. The Hall–Kier alpha value is -2.84. The van der Waals surface area contributed by atoms with Gasteiger partial charge in [0.1, 0.15) is 5.82 Å². The normalized spacial score (nSPS) is 11.0. The summed E-state index contributed by atoms with van der Waals surface area (Å²) in [5, 5.41) is 15.3. The van der Waals surface area contributed by atoms with E-state index in [9.17, 15) is 9.59 Å². The fourth-order valence-electron chi connectivity index (χ4n) is 3.17. The van der Waals surface area contributed by atoms with Crippen LogP contribution in [0, 0.1) is 6.92 Å². The zero-order chi connectivity index (χ0) is 24.0. The molecule has 0 unspecified atom stereocenters. The lowest BCUT2D eigenvalue weighted by Crippen LogP contribution is -2.18. The average molecular weight is 486 g/mol. The molecule has 3 aromatic rings. The molecule has 33 heavy (non-hydrogen) atoms. The summed E-state index contributed by atoms with van der Waals surface area (Å²) >= 11 is 7.42. The lowest BCUT2D eigenvalue weighted by atomic mass is 10.0. The van der Waals surface area contributed by atoms with Crippen LogP contribution < -0.4 is 10.6 Å².